The predicted octanol–water partition coefficient (Wildman–Crippen LogP) is 2.65. The molecule has 21 heavy (non-hydrogen) atoms. The molecule has 0 radical (unpaired) electrons. The summed E-state index contributed by atoms with van der Waals surface area (Å²) in [4.78, 5) is 12.1. The zero-order valence-corrected chi connectivity index (χ0v) is 12.6. The van der Waals surface area contributed by atoms with Crippen molar-refractivity contribution in [3.8, 4) is 0 Å². The van der Waals surface area contributed by atoms with Gasteiger partial charge in [-0.25, -0.2) is 8.78 Å². The van der Waals surface area contributed by atoms with Crippen molar-refractivity contribution in [2.75, 3.05) is 11.7 Å². The maximum absolute atomic E-state index is 13.6. The molecule has 1 fully saturated rings. The second kappa shape index (κ2) is 7.09. The van der Waals surface area contributed by atoms with Crippen molar-refractivity contribution in [1.29, 1.82) is 0 Å². The quantitative estimate of drug-likeness (QED) is 0.590. The number of hydrazine groups is 1. The molecule has 1 aromatic carbocycles. The third-order valence-corrected chi connectivity index (χ3v) is 4.93. The molecule has 0 spiro atoms. The normalized spacial score (nSPS) is 21.9. The number of hydrogen-bond donors (Lipinski definition) is 3. The second-order valence-electron chi connectivity index (χ2n) is 5.14. The fourth-order valence-electron chi connectivity index (χ4n) is 2.55. The number of nitrogens with one attached hydrogen (secondary N) is 2. The van der Waals surface area contributed by atoms with Gasteiger partial charge in [0.2, 0.25) is 0 Å². The summed E-state index contributed by atoms with van der Waals surface area (Å²) in [6.45, 7) is 0. The molecule has 0 heterocycles. The summed E-state index contributed by atoms with van der Waals surface area (Å²) >= 11 is 1.84. The molecule has 1 aliphatic rings. The van der Waals surface area contributed by atoms with Crippen LogP contribution in [-0.2, 0) is 0 Å². The lowest BCUT2D eigenvalue weighted by atomic mass is 9.94. The van der Waals surface area contributed by atoms with Gasteiger partial charge in [-0.2, -0.15) is 11.8 Å². The Morgan fingerprint density at radius 3 is 2.29 bits per heavy atom. The van der Waals surface area contributed by atoms with Crippen LogP contribution < -0.4 is 16.6 Å². The van der Waals surface area contributed by atoms with Crippen molar-refractivity contribution in [1.82, 2.24) is 5.32 Å². The van der Waals surface area contributed by atoms with Gasteiger partial charge in [0.25, 0.3) is 5.91 Å². The third-order valence-electron chi connectivity index (χ3n) is 3.79. The number of anilines is 1. The molecule has 7 heteroatoms. The van der Waals surface area contributed by atoms with Gasteiger partial charge >= 0.3 is 0 Å². The van der Waals surface area contributed by atoms with Crippen LogP contribution in [0.1, 0.15) is 36.0 Å². The average Bonchev–Trinajstić information content (AvgIpc) is 2.47. The SMILES string of the molecule is CSC1CCC(NC(=O)c2cc(F)c(NN)c(F)c2)CC1. The van der Waals surface area contributed by atoms with Gasteiger partial charge in [-0.15, -0.1) is 0 Å². The number of amides is 1. The maximum Gasteiger partial charge on any atom is 0.251 e. The summed E-state index contributed by atoms with van der Waals surface area (Å²) in [5.74, 6) is 2.80. The number of carbonyl (C=O) groups is 1. The van der Waals surface area contributed by atoms with Crippen LogP contribution in [0, 0.1) is 11.6 Å². The van der Waals surface area contributed by atoms with Crippen LogP contribution >= 0.6 is 11.8 Å². The summed E-state index contributed by atoms with van der Waals surface area (Å²) in [7, 11) is 0. The van der Waals surface area contributed by atoms with E-state index in [1.54, 1.807) is 0 Å². The molecule has 0 atom stereocenters. The first kappa shape index (κ1) is 16.0. The maximum atomic E-state index is 13.6. The van der Waals surface area contributed by atoms with Crippen LogP contribution in [0.3, 0.4) is 0 Å². The standard InChI is InChI=1S/C14H19F2N3OS/c1-21-10-4-2-9(3-5-10)18-14(20)8-6-11(15)13(19-17)12(16)7-8/h6-7,9-10,19H,2-5,17H2,1H3,(H,18,20). The second-order valence-corrected chi connectivity index (χ2v) is 6.28. The average molecular weight is 315 g/mol. The van der Waals surface area contributed by atoms with E-state index in [2.05, 4.69) is 11.6 Å². The van der Waals surface area contributed by atoms with Gasteiger partial charge < -0.3 is 10.7 Å². The first-order valence-corrected chi connectivity index (χ1v) is 8.13. The highest BCUT2D eigenvalue weighted by Crippen LogP contribution is 2.27. The molecule has 1 aromatic rings. The van der Waals surface area contributed by atoms with Crippen LogP contribution in [0.15, 0.2) is 12.1 Å². The predicted molar refractivity (Wildman–Crippen MR) is 81.2 cm³/mol. The van der Waals surface area contributed by atoms with Crippen LogP contribution in [0.25, 0.3) is 0 Å². The van der Waals surface area contributed by atoms with E-state index in [0.717, 1.165) is 37.8 Å². The van der Waals surface area contributed by atoms with Gasteiger partial charge in [-0.05, 0) is 44.1 Å². The molecular weight excluding hydrogens is 296 g/mol. The first-order valence-electron chi connectivity index (χ1n) is 6.84. The van der Waals surface area contributed by atoms with Crippen LogP contribution in [-0.4, -0.2) is 23.5 Å². The topological polar surface area (TPSA) is 67.2 Å². The van der Waals surface area contributed by atoms with Crippen molar-refractivity contribution >= 4 is 23.4 Å². The van der Waals surface area contributed by atoms with E-state index in [4.69, 9.17) is 5.84 Å². The molecule has 4 N–H and O–H groups in total. The Hall–Kier alpha value is -1.34. The van der Waals surface area contributed by atoms with Gasteiger partial charge in [0, 0.05) is 16.9 Å². The molecule has 116 valence electrons. The molecule has 2 rings (SSSR count). The van der Waals surface area contributed by atoms with E-state index in [9.17, 15) is 13.6 Å². The Kier molecular flexibility index (Phi) is 5.41. The minimum Gasteiger partial charge on any atom is -0.349 e. The zero-order valence-electron chi connectivity index (χ0n) is 11.8. The highest BCUT2D eigenvalue weighted by molar-refractivity contribution is 7.99. The molecule has 4 nitrogen and oxygen atoms in total. The number of nitrogens with two attached hydrogens (primary N) is 1. The number of rotatable bonds is 4. The van der Waals surface area contributed by atoms with Crippen molar-refractivity contribution in [2.45, 2.75) is 37.0 Å². The lowest BCUT2D eigenvalue weighted by Gasteiger charge is -2.28. The molecule has 0 bridgehead atoms. The molecule has 0 aromatic heterocycles. The summed E-state index contributed by atoms with van der Waals surface area (Å²) in [5, 5.41) is 3.48. The number of halogens is 2. The van der Waals surface area contributed by atoms with Crippen molar-refractivity contribution in [3.05, 3.63) is 29.3 Å². The largest absolute Gasteiger partial charge is 0.349 e. The molecule has 1 saturated carbocycles. The molecule has 0 saturated heterocycles. The Bertz CT molecular complexity index is 496. The Morgan fingerprint density at radius 1 is 1.24 bits per heavy atom. The Morgan fingerprint density at radius 2 is 1.81 bits per heavy atom. The monoisotopic (exact) mass is 315 g/mol. The number of carbonyl (C=O) groups excluding carboxylic acids is 1. The van der Waals surface area contributed by atoms with Crippen LogP contribution in [0.4, 0.5) is 14.5 Å². The summed E-state index contributed by atoms with van der Waals surface area (Å²) in [6.07, 6.45) is 5.97. The lowest BCUT2D eigenvalue weighted by Crippen LogP contribution is -2.38. The van der Waals surface area contributed by atoms with Gasteiger partial charge in [0.1, 0.15) is 5.69 Å². The fourth-order valence-corrected chi connectivity index (χ4v) is 3.30. The van der Waals surface area contributed by atoms with Crippen molar-refractivity contribution in [2.24, 2.45) is 5.84 Å². The van der Waals surface area contributed by atoms with E-state index in [0.29, 0.717) is 5.25 Å². The summed E-state index contributed by atoms with van der Waals surface area (Å²) in [6, 6.07) is 2.04. The number of nitrogen functional groups attached to an aromatic ring is 1. The highest BCUT2D eigenvalue weighted by atomic mass is 32.2. The summed E-state index contributed by atoms with van der Waals surface area (Å²) < 4.78 is 27.2. The van der Waals surface area contributed by atoms with E-state index in [-0.39, 0.29) is 11.6 Å². The van der Waals surface area contributed by atoms with Crippen LogP contribution in [0.5, 0.6) is 0 Å². The van der Waals surface area contributed by atoms with Crippen molar-refractivity contribution < 1.29 is 13.6 Å². The van der Waals surface area contributed by atoms with Gasteiger partial charge in [0.15, 0.2) is 11.6 Å². The van der Waals surface area contributed by atoms with Gasteiger partial charge in [0.05, 0.1) is 0 Å². The van der Waals surface area contributed by atoms with Crippen molar-refractivity contribution in [3.63, 3.8) is 0 Å². The van der Waals surface area contributed by atoms with Gasteiger partial charge in [-0.3, -0.25) is 10.6 Å². The number of benzene rings is 1. The third kappa shape index (κ3) is 3.85. The highest BCUT2D eigenvalue weighted by Gasteiger charge is 2.23. The minimum absolute atomic E-state index is 0.0315. The first-order chi connectivity index (χ1) is 10.0. The van der Waals surface area contributed by atoms with Gasteiger partial charge in [-0.1, -0.05) is 0 Å². The van der Waals surface area contributed by atoms with Crippen LogP contribution in [0.2, 0.25) is 0 Å². The lowest BCUT2D eigenvalue weighted by molar-refractivity contribution is 0.0927. The Labute approximate surface area is 126 Å². The molecule has 1 aliphatic carbocycles. The molecule has 0 unspecified atom stereocenters. The van der Waals surface area contributed by atoms with E-state index >= 15 is 0 Å². The number of hydrogen-bond acceptors (Lipinski definition) is 4. The molecule has 1 amide bonds. The number of thioether (sulfide) groups is 1. The molecular formula is C14H19F2N3OS. The van der Waals surface area contributed by atoms with E-state index in [1.165, 1.54) is 0 Å². The Balaban J connectivity index is 2.01. The summed E-state index contributed by atoms with van der Waals surface area (Å²) in [5.41, 5.74) is 1.47. The van der Waals surface area contributed by atoms with E-state index < -0.39 is 23.2 Å². The fraction of sp³-hybridized carbons (Fsp3) is 0.500. The zero-order chi connectivity index (χ0) is 15.4. The van der Waals surface area contributed by atoms with E-state index in [1.807, 2.05) is 17.2 Å². The molecule has 0 aliphatic heterocycles. The minimum atomic E-state index is -0.881. The smallest absolute Gasteiger partial charge is 0.251 e.